The van der Waals surface area contributed by atoms with Crippen molar-refractivity contribution in [1.82, 2.24) is 10.2 Å². The third-order valence-electron chi connectivity index (χ3n) is 1.28. The molecule has 0 unspecified atom stereocenters. The normalized spacial score (nSPS) is 9.77. The van der Waals surface area contributed by atoms with Gasteiger partial charge in [0.2, 0.25) is 5.90 Å². The van der Waals surface area contributed by atoms with Crippen LogP contribution in [0, 0.1) is 5.41 Å². The molecule has 0 aliphatic rings. The molecule has 1 aromatic rings. The molecule has 0 fully saturated rings. The Morgan fingerprint density at radius 2 is 2.31 bits per heavy atom. The lowest BCUT2D eigenvalue weighted by Gasteiger charge is -2.06. The summed E-state index contributed by atoms with van der Waals surface area (Å²) in [5, 5.41) is 14.9. The van der Waals surface area contributed by atoms with Gasteiger partial charge in [-0.15, -0.1) is 5.10 Å². The molecule has 1 heterocycles. The summed E-state index contributed by atoms with van der Waals surface area (Å²) in [5.41, 5.74) is 0.278. The summed E-state index contributed by atoms with van der Waals surface area (Å²) in [4.78, 5) is 0. The number of hydrogen-bond donors (Lipinski definition) is 1. The minimum absolute atomic E-state index is 0.0750. The number of rotatable bonds is 2. The third-order valence-corrected chi connectivity index (χ3v) is 1.83. The van der Waals surface area contributed by atoms with Crippen molar-refractivity contribution in [2.75, 3.05) is 6.61 Å². The average Bonchev–Trinajstić information content (AvgIpc) is 2.04. The van der Waals surface area contributed by atoms with Crippen LogP contribution in [0.25, 0.3) is 0 Å². The minimum Gasteiger partial charge on any atom is -0.478 e. The first kappa shape index (κ1) is 10.2. The molecule has 6 heteroatoms. The summed E-state index contributed by atoms with van der Waals surface area (Å²) in [6, 6.07) is 0. The molecule has 0 bridgehead atoms. The fourth-order valence-corrected chi connectivity index (χ4v) is 1.26. The first-order chi connectivity index (χ1) is 6.16. The van der Waals surface area contributed by atoms with Crippen LogP contribution in [0.5, 0.6) is 0 Å². The molecule has 0 atom stereocenters. The first-order valence-electron chi connectivity index (χ1n) is 3.55. The maximum Gasteiger partial charge on any atom is 0.218 e. The van der Waals surface area contributed by atoms with Gasteiger partial charge in [0.15, 0.2) is 5.15 Å². The van der Waals surface area contributed by atoms with Crippen LogP contribution in [0.15, 0.2) is 6.20 Å². The Morgan fingerprint density at radius 1 is 1.62 bits per heavy atom. The summed E-state index contributed by atoms with van der Waals surface area (Å²) >= 11 is 11.4. The van der Waals surface area contributed by atoms with Crippen molar-refractivity contribution in [3.8, 4) is 0 Å². The summed E-state index contributed by atoms with van der Waals surface area (Å²) in [6.45, 7) is 2.15. The zero-order chi connectivity index (χ0) is 9.84. The monoisotopic (exact) mass is 219 g/mol. The minimum atomic E-state index is -0.0904. The second-order valence-corrected chi connectivity index (χ2v) is 2.89. The van der Waals surface area contributed by atoms with Gasteiger partial charge in [-0.1, -0.05) is 23.2 Å². The van der Waals surface area contributed by atoms with Gasteiger partial charge in [0, 0.05) is 0 Å². The van der Waals surface area contributed by atoms with Gasteiger partial charge in [0.1, 0.15) is 0 Å². The molecule has 1 aromatic heterocycles. The lowest BCUT2D eigenvalue weighted by atomic mass is 10.3. The lowest BCUT2D eigenvalue weighted by molar-refractivity contribution is 0.325. The van der Waals surface area contributed by atoms with Crippen LogP contribution < -0.4 is 0 Å². The van der Waals surface area contributed by atoms with Crippen molar-refractivity contribution in [3.05, 3.63) is 21.9 Å². The van der Waals surface area contributed by atoms with Crippen LogP contribution in [0.2, 0.25) is 10.2 Å². The molecular formula is C7H7Cl2N3O. The highest BCUT2D eigenvalue weighted by atomic mass is 35.5. The van der Waals surface area contributed by atoms with E-state index in [-0.39, 0.29) is 21.6 Å². The van der Waals surface area contributed by atoms with E-state index in [2.05, 4.69) is 10.2 Å². The SMILES string of the molecule is CCOC(=N)c1c(Cl)cnnc1Cl. The number of nitrogens with one attached hydrogen (secondary N) is 1. The second-order valence-electron chi connectivity index (χ2n) is 2.12. The van der Waals surface area contributed by atoms with Gasteiger partial charge in [-0.3, -0.25) is 5.41 Å². The Hall–Kier alpha value is -0.870. The van der Waals surface area contributed by atoms with E-state index < -0.39 is 0 Å². The third kappa shape index (κ3) is 2.29. The predicted molar refractivity (Wildman–Crippen MR) is 50.5 cm³/mol. The van der Waals surface area contributed by atoms with E-state index in [1.54, 1.807) is 6.92 Å². The van der Waals surface area contributed by atoms with Crippen molar-refractivity contribution in [2.45, 2.75) is 6.92 Å². The van der Waals surface area contributed by atoms with Crippen molar-refractivity contribution in [1.29, 1.82) is 5.41 Å². The maximum absolute atomic E-state index is 7.45. The Balaban J connectivity index is 3.05. The predicted octanol–water partition coefficient (Wildman–Crippen LogP) is 2.15. The van der Waals surface area contributed by atoms with E-state index in [4.69, 9.17) is 33.3 Å². The van der Waals surface area contributed by atoms with E-state index in [9.17, 15) is 0 Å². The lowest BCUT2D eigenvalue weighted by Crippen LogP contribution is -2.07. The van der Waals surface area contributed by atoms with Gasteiger partial charge in [0.25, 0.3) is 0 Å². The number of ether oxygens (including phenoxy) is 1. The van der Waals surface area contributed by atoms with Gasteiger partial charge in [-0.05, 0) is 6.92 Å². The topological polar surface area (TPSA) is 58.9 Å². The summed E-state index contributed by atoms with van der Waals surface area (Å²) < 4.78 is 4.94. The molecule has 0 radical (unpaired) electrons. The zero-order valence-corrected chi connectivity index (χ0v) is 8.35. The van der Waals surface area contributed by atoms with Crippen LogP contribution in [0.3, 0.4) is 0 Å². The van der Waals surface area contributed by atoms with Crippen molar-refractivity contribution < 1.29 is 4.74 Å². The van der Waals surface area contributed by atoms with Gasteiger partial charge >= 0.3 is 0 Å². The van der Waals surface area contributed by atoms with Crippen LogP contribution in [-0.4, -0.2) is 22.7 Å². The van der Waals surface area contributed by atoms with Gasteiger partial charge in [-0.25, -0.2) is 0 Å². The molecule has 1 N–H and O–H groups in total. The fraction of sp³-hybridized carbons (Fsp3) is 0.286. The fourth-order valence-electron chi connectivity index (χ4n) is 0.762. The molecule has 0 aliphatic carbocycles. The molecule has 0 aromatic carbocycles. The van der Waals surface area contributed by atoms with Gasteiger partial charge in [0.05, 0.1) is 23.4 Å². The zero-order valence-electron chi connectivity index (χ0n) is 6.84. The van der Waals surface area contributed by atoms with E-state index in [1.165, 1.54) is 6.20 Å². The van der Waals surface area contributed by atoms with E-state index in [0.717, 1.165) is 0 Å². The maximum atomic E-state index is 7.45. The quantitative estimate of drug-likeness (QED) is 0.613. The van der Waals surface area contributed by atoms with Crippen LogP contribution in [0.4, 0.5) is 0 Å². The van der Waals surface area contributed by atoms with Crippen LogP contribution in [0.1, 0.15) is 12.5 Å². The molecule has 0 amide bonds. The Bertz CT molecular complexity index is 309. The average molecular weight is 220 g/mol. The molecule has 0 saturated heterocycles. The van der Waals surface area contributed by atoms with E-state index in [0.29, 0.717) is 6.61 Å². The van der Waals surface area contributed by atoms with Crippen molar-refractivity contribution >= 4 is 29.1 Å². The Morgan fingerprint density at radius 3 is 2.85 bits per heavy atom. The van der Waals surface area contributed by atoms with Crippen molar-refractivity contribution in [3.63, 3.8) is 0 Å². The Kier molecular flexibility index (Phi) is 3.45. The summed E-state index contributed by atoms with van der Waals surface area (Å²) in [5.74, 6) is -0.0904. The standard InChI is InChI=1S/C7H7Cl2N3O/c1-2-13-7(10)5-4(8)3-11-12-6(5)9/h3,10H,2H2,1H3. The molecular weight excluding hydrogens is 213 g/mol. The van der Waals surface area contributed by atoms with E-state index in [1.807, 2.05) is 0 Å². The smallest absolute Gasteiger partial charge is 0.218 e. The van der Waals surface area contributed by atoms with Gasteiger partial charge < -0.3 is 4.74 Å². The second kappa shape index (κ2) is 4.39. The summed E-state index contributed by atoms with van der Waals surface area (Å²) in [6.07, 6.45) is 1.32. The highest BCUT2D eigenvalue weighted by molar-refractivity contribution is 6.38. The number of aromatic nitrogens is 2. The van der Waals surface area contributed by atoms with Gasteiger partial charge in [-0.2, -0.15) is 5.10 Å². The molecule has 4 nitrogen and oxygen atoms in total. The molecule has 0 aliphatic heterocycles. The number of nitrogens with zero attached hydrogens (tertiary/aromatic N) is 2. The molecule has 0 spiro atoms. The highest BCUT2D eigenvalue weighted by Gasteiger charge is 2.13. The molecule has 70 valence electrons. The number of hydrogen-bond acceptors (Lipinski definition) is 4. The van der Waals surface area contributed by atoms with Crippen LogP contribution in [-0.2, 0) is 4.74 Å². The molecule has 13 heavy (non-hydrogen) atoms. The Labute approximate surface area is 85.3 Å². The van der Waals surface area contributed by atoms with Crippen LogP contribution >= 0.6 is 23.2 Å². The molecule has 1 rings (SSSR count). The highest BCUT2D eigenvalue weighted by Crippen LogP contribution is 2.21. The first-order valence-corrected chi connectivity index (χ1v) is 4.30. The summed E-state index contributed by atoms with van der Waals surface area (Å²) in [7, 11) is 0. The molecule has 0 saturated carbocycles. The number of halogens is 2. The largest absolute Gasteiger partial charge is 0.478 e. The van der Waals surface area contributed by atoms with E-state index >= 15 is 0 Å². The van der Waals surface area contributed by atoms with Crippen molar-refractivity contribution in [2.24, 2.45) is 0 Å².